The first-order valence-electron chi connectivity index (χ1n) is 8.24. The van der Waals surface area contributed by atoms with Crippen molar-refractivity contribution in [1.29, 1.82) is 0 Å². The molecule has 0 fully saturated rings. The van der Waals surface area contributed by atoms with Crippen molar-refractivity contribution in [2.45, 2.75) is 27.4 Å². The van der Waals surface area contributed by atoms with Crippen molar-refractivity contribution < 1.29 is 14.3 Å². The highest BCUT2D eigenvalue weighted by Gasteiger charge is 2.15. The van der Waals surface area contributed by atoms with E-state index in [1.165, 1.54) is 0 Å². The summed E-state index contributed by atoms with van der Waals surface area (Å²) in [4.78, 5) is 14.3. The van der Waals surface area contributed by atoms with Gasteiger partial charge in [-0.1, -0.05) is 12.1 Å². The van der Waals surface area contributed by atoms with Gasteiger partial charge in [0.15, 0.2) is 0 Å². The van der Waals surface area contributed by atoms with E-state index >= 15 is 0 Å². The summed E-state index contributed by atoms with van der Waals surface area (Å²) in [5.74, 6) is 1.55. The van der Waals surface area contributed by atoms with Crippen molar-refractivity contribution in [2.24, 2.45) is 0 Å². The molecule has 2 rings (SSSR count). The van der Waals surface area contributed by atoms with E-state index in [1.54, 1.807) is 18.1 Å². The molecule has 0 spiro atoms. The molecular formula is C20H25NO3. The van der Waals surface area contributed by atoms with Gasteiger partial charge in [-0.05, 0) is 56.7 Å². The van der Waals surface area contributed by atoms with E-state index in [-0.39, 0.29) is 5.91 Å². The predicted molar refractivity (Wildman–Crippen MR) is 95.8 cm³/mol. The maximum Gasteiger partial charge on any atom is 0.253 e. The zero-order valence-corrected chi connectivity index (χ0v) is 14.8. The number of carbonyl (C=O) groups is 1. The van der Waals surface area contributed by atoms with Crippen LogP contribution in [0.2, 0.25) is 0 Å². The number of hydrogen-bond acceptors (Lipinski definition) is 3. The molecule has 0 bridgehead atoms. The van der Waals surface area contributed by atoms with Gasteiger partial charge in [0.05, 0.1) is 7.11 Å². The topological polar surface area (TPSA) is 38.8 Å². The molecule has 4 nitrogen and oxygen atoms in total. The van der Waals surface area contributed by atoms with Crippen molar-refractivity contribution in [3.63, 3.8) is 0 Å². The third-order valence-corrected chi connectivity index (χ3v) is 3.96. The van der Waals surface area contributed by atoms with Crippen LogP contribution < -0.4 is 9.47 Å². The van der Waals surface area contributed by atoms with Crippen LogP contribution in [0.1, 0.15) is 35.3 Å². The van der Waals surface area contributed by atoms with Gasteiger partial charge in [-0.3, -0.25) is 4.79 Å². The van der Waals surface area contributed by atoms with Crippen LogP contribution in [0.5, 0.6) is 11.5 Å². The summed E-state index contributed by atoms with van der Waals surface area (Å²) in [5, 5.41) is 0. The fraction of sp³-hybridized carbons (Fsp3) is 0.350. The third kappa shape index (κ3) is 4.28. The minimum Gasteiger partial charge on any atom is -0.496 e. The van der Waals surface area contributed by atoms with Crippen LogP contribution in [0.25, 0.3) is 0 Å². The van der Waals surface area contributed by atoms with E-state index in [0.29, 0.717) is 25.3 Å². The summed E-state index contributed by atoms with van der Waals surface area (Å²) >= 11 is 0. The lowest BCUT2D eigenvalue weighted by Crippen LogP contribution is -2.30. The fourth-order valence-electron chi connectivity index (χ4n) is 2.58. The lowest BCUT2D eigenvalue weighted by molar-refractivity contribution is 0.0772. The van der Waals surface area contributed by atoms with Crippen LogP contribution in [0, 0.1) is 6.92 Å². The number of aryl methyl sites for hydroxylation is 1. The van der Waals surface area contributed by atoms with E-state index in [9.17, 15) is 4.79 Å². The Balaban J connectivity index is 2.21. The maximum atomic E-state index is 12.5. The quantitative estimate of drug-likeness (QED) is 0.769. The molecule has 0 aliphatic rings. The van der Waals surface area contributed by atoms with E-state index in [1.807, 2.05) is 57.2 Å². The molecular weight excluding hydrogens is 302 g/mol. The molecule has 0 saturated carbocycles. The number of rotatable bonds is 7. The average Bonchev–Trinajstić information content (AvgIpc) is 2.60. The highest BCUT2D eigenvalue weighted by atomic mass is 16.5. The van der Waals surface area contributed by atoms with Crippen molar-refractivity contribution >= 4 is 5.91 Å². The number of nitrogens with zero attached hydrogens (tertiary/aromatic N) is 1. The van der Waals surface area contributed by atoms with Gasteiger partial charge in [-0.2, -0.15) is 0 Å². The van der Waals surface area contributed by atoms with E-state index in [0.717, 1.165) is 22.6 Å². The van der Waals surface area contributed by atoms with Crippen molar-refractivity contribution in [3.8, 4) is 11.5 Å². The average molecular weight is 327 g/mol. The number of ether oxygens (including phenoxy) is 2. The summed E-state index contributed by atoms with van der Waals surface area (Å²) in [7, 11) is 1.62. The van der Waals surface area contributed by atoms with Gasteiger partial charge in [0, 0.05) is 24.2 Å². The van der Waals surface area contributed by atoms with Gasteiger partial charge in [-0.25, -0.2) is 0 Å². The highest BCUT2D eigenvalue weighted by Crippen LogP contribution is 2.23. The summed E-state index contributed by atoms with van der Waals surface area (Å²) < 4.78 is 11.3. The zero-order chi connectivity index (χ0) is 17.5. The Labute approximate surface area is 144 Å². The van der Waals surface area contributed by atoms with Gasteiger partial charge in [0.1, 0.15) is 18.1 Å². The number of carbonyl (C=O) groups excluding carboxylic acids is 1. The van der Waals surface area contributed by atoms with Gasteiger partial charge < -0.3 is 14.4 Å². The normalized spacial score (nSPS) is 10.3. The van der Waals surface area contributed by atoms with Gasteiger partial charge in [0.2, 0.25) is 0 Å². The molecule has 0 aromatic heterocycles. The van der Waals surface area contributed by atoms with Gasteiger partial charge in [-0.15, -0.1) is 0 Å². The first-order valence-corrected chi connectivity index (χ1v) is 8.24. The second kappa shape index (κ2) is 8.39. The summed E-state index contributed by atoms with van der Waals surface area (Å²) in [5.41, 5.74) is 2.66. The van der Waals surface area contributed by atoms with Crippen molar-refractivity contribution in [1.82, 2.24) is 4.90 Å². The largest absolute Gasteiger partial charge is 0.496 e. The molecule has 0 aliphatic heterocycles. The summed E-state index contributed by atoms with van der Waals surface area (Å²) in [6.45, 7) is 7.72. The van der Waals surface area contributed by atoms with Gasteiger partial charge >= 0.3 is 0 Å². The second-order valence-electron chi connectivity index (χ2n) is 5.61. The molecule has 0 unspecified atom stereocenters. The minimum absolute atomic E-state index is 0.0273. The Kier molecular flexibility index (Phi) is 6.24. The first kappa shape index (κ1) is 17.9. The molecule has 1 amide bonds. The second-order valence-corrected chi connectivity index (χ2v) is 5.61. The Hall–Kier alpha value is -2.49. The Morgan fingerprint density at radius 3 is 2.46 bits per heavy atom. The summed E-state index contributed by atoms with van der Waals surface area (Å²) in [6, 6.07) is 13.4. The molecule has 2 aromatic carbocycles. The van der Waals surface area contributed by atoms with Crippen molar-refractivity contribution in [3.05, 3.63) is 59.2 Å². The zero-order valence-electron chi connectivity index (χ0n) is 14.8. The van der Waals surface area contributed by atoms with Crippen LogP contribution in [0.15, 0.2) is 42.5 Å². The van der Waals surface area contributed by atoms with Crippen LogP contribution >= 0.6 is 0 Å². The van der Waals surface area contributed by atoms with E-state index < -0.39 is 0 Å². The molecule has 4 heteroatoms. The molecule has 0 aliphatic carbocycles. The fourth-order valence-corrected chi connectivity index (χ4v) is 2.58. The minimum atomic E-state index is 0.0273. The SMILES string of the molecule is CCN(CC)C(=O)c1ccc(OC)c(COc2cccc(C)c2)c1. The highest BCUT2D eigenvalue weighted by molar-refractivity contribution is 5.94. The molecule has 0 radical (unpaired) electrons. The standard InChI is InChI=1S/C20H25NO3/c1-5-21(6-2)20(22)16-10-11-19(23-4)17(13-16)14-24-18-9-7-8-15(3)12-18/h7-13H,5-6,14H2,1-4H3. The lowest BCUT2D eigenvalue weighted by atomic mass is 10.1. The van der Waals surface area contributed by atoms with Crippen LogP contribution in [-0.4, -0.2) is 31.0 Å². The molecule has 2 aromatic rings. The van der Waals surface area contributed by atoms with Crippen molar-refractivity contribution in [2.75, 3.05) is 20.2 Å². The molecule has 24 heavy (non-hydrogen) atoms. The first-order chi connectivity index (χ1) is 11.6. The summed E-state index contributed by atoms with van der Waals surface area (Å²) in [6.07, 6.45) is 0. The predicted octanol–water partition coefficient (Wildman–Crippen LogP) is 4.06. The van der Waals surface area contributed by atoms with Crippen LogP contribution in [0.4, 0.5) is 0 Å². The number of methoxy groups -OCH3 is 1. The molecule has 0 atom stereocenters. The van der Waals surface area contributed by atoms with Crippen LogP contribution in [0.3, 0.4) is 0 Å². The lowest BCUT2D eigenvalue weighted by Gasteiger charge is -2.19. The smallest absolute Gasteiger partial charge is 0.253 e. The van der Waals surface area contributed by atoms with Crippen LogP contribution in [-0.2, 0) is 6.61 Å². The van der Waals surface area contributed by atoms with E-state index in [2.05, 4.69) is 0 Å². The molecule has 0 saturated heterocycles. The number of hydrogen-bond donors (Lipinski definition) is 0. The molecule has 0 heterocycles. The Morgan fingerprint density at radius 2 is 1.83 bits per heavy atom. The van der Waals surface area contributed by atoms with E-state index in [4.69, 9.17) is 9.47 Å². The number of benzene rings is 2. The van der Waals surface area contributed by atoms with Gasteiger partial charge in [0.25, 0.3) is 5.91 Å². The Morgan fingerprint density at radius 1 is 1.08 bits per heavy atom. The molecule has 128 valence electrons. The third-order valence-electron chi connectivity index (χ3n) is 3.96. The monoisotopic (exact) mass is 327 g/mol. The number of amides is 1. The maximum absolute atomic E-state index is 12.5. The Bertz CT molecular complexity index is 693. The molecule has 0 N–H and O–H groups in total.